The molecule has 0 aliphatic carbocycles. The molecule has 32 heavy (non-hydrogen) atoms. The lowest BCUT2D eigenvalue weighted by atomic mass is 10.1. The van der Waals surface area contributed by atoms with Crippen LogP contribution in [0.1, 0.15) is 24.0 Å². The first-order chi connectivity index (χ1) is 15.3. The molecule has 0 aromatic heterocycles. The second-order valence-corrected chi connectivity index (χ2v) is 7.81. The summed E-state index contributed by atoms with van der Waals surface area (Å²) in [5.74, 6) is -0.652. The van der Waals surface area contributed by atoms with Crippen LogP contribution in [0.5, 0.6) is 5.75 Å². The summed E-state index contributed by atoms with van der Waals surface area (Å²) in [6.07, 6.45) is -0.0100. The summed E-state index contributed by atoms with van der Waals surface area (Å²) in [4.78, 5) is 14.8. The molecule has 3 rings (SSSR count). The lowest BCUT2D eigenvalue weighted by molar-refractivity contribution is -0.274. The number of carbonyl (C=O) groups is 1. The summed E-state index contributed by atoms with van der Waals surface area (Å²) < 4.78 is 40.7. The Labute approximate surface area is 185 Å². The molecular weight excluding hydrogens is 421 g/mol. The van der Waals surface area contributed by atoms with E-state index in [9.17, 15) is 23.1 Å². The number of aliphatic hydroxyl groups excluding tert-OH is 1. The first-order valence-corrected chi connectivity index (χ1v) is 10.6. The average Bonchev–Trinajstić information content (AvgIpc) is 3.26. The number of benzene rings is 2. The van der Waals surface area contributed by atoms with Gasteiger partial charge in [-0.25, -0.2) is 0 Å². The summed E-state index contributed by atoms with van der Waals surface area (Å²) in [5.41, 5.74) is 1.49. The van der Waals surface area contributed by atoms with Crippen LogP contribution >= 0.6 is 0 Å². The number of nitrogens with zero attached hydrogens (tertiary/aromatic N) is 1. The summed E-state index contributed by atoms with van der Waals surface area (Å²) in [6, 6.07) is 14.2. The Hall–Kier alpha value is -2.84. The van der Waals surface area contributed by atoms with Crippen molar-refractivity contribution in [3.8, 4) is 5.75 Å². The van der Waals surface area contributed by atoms with Crippen molar-refractivity contribution >= 4 is 12.0 Å². The molecule has 8 heteroatoms. The van der Waals surface area contributed by atoms with Gasteiger partial charge in [0.15, 0.2) is 0 Å². The van der Waals surface area contributed by atoms with Crippen LogP contribution < -0.4 is 10.1 Å². The van der Waals surface area contributed by atoms with Gasteiger partial charge in [0.05, 0.1) is 18.6 Å². The Balaban J connectivity index is 1.61. The molecule has 0 spiro atoms. The van der Waals surface area contributed by atoms with Gasteiger partial charge in [-0.2, -0.15) is 0 Å². The van der Waals surface area contributed by atoms with Crippen LogP contribution in [0, 0.1) is 0 Å². The summed E-state index contributed by atoms with van der Waals surface area (Å²) in [5, 5.41) is 13.6. The van der Waals surface area contributed by atoms with Crippen LogP contribution in [-0.4, -0.2) is 54.1 Å². The van der Waals surface area contributed by atoms with Crippen LogP contribution in [-0.2, 0) is 11.2 Å². The van der Waals surface area contributed by atoms with E-state index in [2.05, 4.69) is 15.0 Å². The van der Waals surface area contributed by atoms with E-state index in [1.807, 2.05) is 36.4 Å². The van der Waals surface area contributed by atoms with E-state index in [-0.39, 0.29) is 18.1 Å². The highest BCUT2D eigenvalue weighted by molar-refractivity contribution is 5.79. The van der Waals surface area contributed by atoms with E-state index >= 15 is 0 Å². The van der Waals surface area contributed by atoms with Gasteiger partial charge in [0, 0.05) is 6.54 Å². The highest BCUT2D eigenvalue weighted by Crippen LogP contribution is 2.23. The molecule has 2 aromatic rings. The SMILES string of the molecule is O=C(Cc1ccc(OC(F)(F)F)cc1)N[C@H](CN1CCCC1)[C@H](O)C=Cc1ccccc1. The fraction of sp³-hybridized carbons (Fsp3) is 0.375. The normalized spacial score (nSPS) is 16.8. The molecular formula is C24H27F3N2O3. The lowest BCUT2D eigenvalue weighted by Gasteiger charge is -2.27. The second-order valence-electron chi connectivity index (χ2n) is 7.81. The number of aliphatic hydroxyl groups is 1. The third-order valence-electron chi connectivity index (χ3n) is 5.22. The van der Waals surface area contributed by atoms with Gasteiger partial charge in [0.1, 0.15) is 5.75 Å². The molecule has 1 heterocycles. The highest BCUT2D eigenvalue weighted by Gasteiger charge is 2.31. The molecule has 2 atom stereocenters. The number of halogens is 3. The van der Waals surface area contributed by atoms with Crippen molar-refractivity contribution in [1.29, 1.82) is 0 Å². The Bertz CT molecular complexity index is 880. The molecule has 0 unspecified atom stereocenters. The first kappa shape index (κ1) is 23.8. The number of nitrogens with one attached hydrogen (secondary N) is 1. The Morgan fingerprint density at radius 1 is 1.09 bits per heavy atom. The molecule has 2 N–H and O–H groups in total. The van der Waals surface area contributed by atoms with Crippen LogP contribution in [0.3, 0.4) is 0 Å². The zero-order valence-electron chi connectivity index (χ0n) is 17.6. The van der Waals surface area contributed by atoms with Gasteiger partial charge in [0.2, 0.25) is 5.91 Å². The molecule has 1 aliphatic rings. The van der Waals surface area contributed by atoms with Crippen molar-refractivity contribution in [1.82, 2.24) is 10.2 Å². The standard InChI is InChI=1S/C24H27F3N2O3/c25-24(26,27)32-20-11-8-19(9-12-20)16-23(31)28-21(17-29-14-4-5-15-29)22(30)13-10-18-6-2-1-3-7-18/h1-3,6-13,21-22,30H,4-5,14-17H2,(H,28,31)/t21-,22-/m1/s1. The molecule has 5 nitrogen and oxygen atoms in total. The fourth-order valence-electron chi connectivity index (χ4n) is 3.64. The monoisotopic (exact) mass is 448 g/mol. The minimum absolute atomic E-state index is 0.0160. The average molecular weight is 448 g/mol. The third kappa shape index (κ3) is 8.01. The summed E-state index contributed by atoms with van der Waals surface area (Å²) in [7, 11) is 0. The maximum absolute atomic E-state index is 12.6. The van der Waals surface area contributed by atoms with E-state index < -0.39 is 18.5 Å². The number of amides is 1. The topological polar surface area (TPSA) is 61.8 Å². The van der Waals surface area contributed by atoms with Crippen LogP contribution in [0.15, 0.2) is 60.7 Å². The number of hydrogen-bond donors (Lipinski definition) is 2. The van der Waals surface area contributed by atoms with Gasteiger partial charge in [-0.3, -0.25) is 4.79 Å². The number of carbonyl (C=O) groups excluding carboxylic acids is 1. The molecule has 1 amide bonds. The van der Waals surface area contributed by atoms with Crippen molar-refractivity contribution in [2.24, 2.45) is 0 Å². The highest BCUT2D eigenvalue weighted by atomic mass is 19.4. The van der Waals surface area contributed by atoms with Crippen LogP contribution in [0.25, 0.3) is 6.08 Å². The number of likely N-dealkylation sites (tertiary alicyclic amines) is 1. The van der Waals surface area contributed by atoms with Crippen molar-refractivity contribution in [2.45, 2.75) is 37.8 Å². The van der Waals surface area contributed by atoms with E-state index in [0.717, 1.165) is 31.5 Å². The fourth-order valence-corrected chi connectivity index (χ4v) is 3.64. The molecule has 1 fully saturated rings. The molecule has 2 aromatic carbocycles. The van der Waals surface area contributed by atoms with Gasteiger partial charge in [0.25, 0.3) is 0 Å². The number of hydrogen-bond acceptors (Lipinski definition) is 4. The smallest absolute Gasteiger partial charge is 0.406 e. The quantitative estimate of drug-likeness (QED) is 0.613. The number of ether oxygens (including phenoxy) is 1. The summed E-state index contributed by atoms with van der Waals surface area (Å²) in [6.45, 7) is 2.36. The largest absolute Gasteiger partial charge is 0.573 e. The van der Waals surface area contributed by atoms with Gasteiger partial charge in [-0.05, 0) is 49.2 Å². The second kappa shape index (κ2) is 11.2. The zero-order chi connectivity index (χ0) is 23.0. The van der Waals surface area contributed by atoms with Gasteiger partial charge in [-0.15, -0.1) is 13.2 Å². The minimum Gasteiger partial charge on any atom is -0.406 e. The lowest BCUT2D eigenvalue weighted by Crippen LogP contribution is -2.49. The van der Waals surface area contributed by atoms with E-state index in [4.69, 9.17) is 0 Å². The van der Waals surface area contributed by atoms with Crippen LogP contribution in [0.4, 0.5) is 13.2 Å². The first-order valence-electron chi connectivity index (χ1n) is 10.6. The van der Waals surface area contributed by atoms with E-state index in [1.54, 1.807) is 6.08 Å². The maximum atomic E-state index is 12.6. The van der Waals surface area contributed by atoms with E-state index in [0.29, 0.717) is 12.1 Å². The van der Waals surface area contributed by atoms with Gasteiger partial charge < -0.3 is 20.1 Å². The minimum atomic E-state index is -4.76. The third-order valence-corrected chi connectivity index (χ3v) is 5.22. The molecule has 1 saturated heterocycles. The Morgan fingerprint density at radius 3 is 2.38 bits per heavy atom. The van der Waals surface area contributed by atoms with Crippen molar-refractivity contribution in [2.75, 3.05) is 19.6 Å². The Kier molecular flexibility index (Phi) is 8.30. The molecule has 1 aliphatic heterocycles. The molecule has 0 radical (unpaired) electrons. The zero-order valence-corrected chi connectivity index (χ0v) is 17.6. The Morgan fingerprint density at radius 2 is 1.75 bits per heavy atom. The predicted octanol–water partition coefficient (Wildman–Crippen LogP) is 3.78. The van der Waals surface area contributed by atoms with Crippen molar-refractivity contribution < 1.29 is 27.8 Å². The number of rotatable bonds is 9. The van der Waals surface area contributed by atoms with E-state index in [1.165, 1.54) is 24.3 Å². The van der Waals surface area contributed by atoms with Crippen molar-refractivity contribution in [3.63, 3.8) is 0 Å². The number of alkyl halides is 3. The van der Waals surface area contributed by atoms with Gasteiger partial charge in [-0.1, -0.05) is 54.6 Å². The maximum Gasteiger partial charge on any atom is 0.573 e. The molecule has 0 saturated carbocycles. The van der Waals surface area contributed by atoms with Gasteiger partial charge >= 0.3 is 6.36 Å². The van der Waals surface area contributed by atoms with Crippen LogP contribution in [0.2, 0.25) is 0 Å². The molecule has 172 valence electrons. The van der Waals surface area contributed by atoms with Crippen molar-refractivity contribution in [3.05, 3.63) is 71.8 Å². The predicted molar refractivity (Wildman–Crippen MR) is 116 cm³/mol. The molecule has 0 bridgehead atoms. The summed E-state index contributed by atoms with van der Waals surface area (Å²) >= 11 is 0.